The van der Waals surface area contributed by atoms with Gasteiger partial charge in [-0.15, -0.1) is 0 Å². The Labute approximate surface area is 180 Å². The summed E-state index contributed by atoms with van der Waals surface area (Å²) in [6.45, 7) is 7.63. The van der Waals surface area contributed by atoms with Crippen LogP contribution in [0.1, 0.15) is 37.9 Å². The lowest BCUT2D eigenvalue weighted by molar-refractivity contribution is -0.113. The predicted octanol–water partition coefficient (Wildman–Crippen LogP) is 3.33. The number of rotatable bonds is 9. The van der Waals surface area contributed by atoms with E-state index in [1.165, 1.54) is 36.0 Å². The zero-order chi connectivity index (χ0) is 21.5. The molecule has 0 fully saturated rings. The predicted molar refractivity (Wildman–Crippen MR) is 119 cm³/mol. The molecule has 0 bridgehead atoms. The number of carbonyl (C=O) groups excluding carboxylic acids is 1. The van der Waals surface area contributed by atoms with E-state index in [4.69, 9.17) is 0 Å². The van der Waals surface area contributed by atoms with Crippen LogP contribution in [0.4, 0.5) is 10.1 Å². The van der Waals surface area contributed by atoms with Crippen LogP contribution in [-0.2, 0) is 24.2 Å². The summed E-state index contributed by atoms with van der Waals surface area (Å²) < 4.78 is 14.8. The largest absolute Gasteiger partial charge is 0.348 e. The number of fused-ring (bicyclic) bond motifs is 1. The monoisotopic (exact) mass is 432 g/mol. The molecule has 0 saturated heterocycles. The summed E-state index contributed by atoms with van der Waals surface area (Å²) in [5.41, 5.74) is 2.50. The van der Waals surface area contributed by atoms with E-state index in [0.717, 1.165) is 56.6 Å². The Morgan fingerprint density at radius 2 is 1.90 bits per heavy atom. The Bertz CT molecular complexity index is 926. The highest BCUT2D eigenvalue weighted by Gasteiger charge is 2.21. The molecule has 1 amide bonds. The summed E-state index contributed by atoms with van der Waals surface area (Å²) in [7, 11) is 0. The molecule has 0 unspecified atom stereocenters. The van der Waals surface area contributed by atoms with Crippen molar-refractivity contribution in [2.75, 3.05) is 30.7 Å². The first-order chi connectivity index (χ1) is 14.5. The molecular weight excluding hydrogens is 403 g/mol. The van der Waals surface area contributed by atoms with Gasteiger partial charge in [-0.05, 0) is 63.0 Å². The highest BCUT2D eigenvalue weighted by molar-refractivity contribution is 8.00. The summed E-state index contributed by atoms with van der Waals surface area (Å²) in [6, 6.07) is 5.65. The van der Waals surface area contributed by atoms with Crippen LogP contribution in [0.15, 0.2) is 34.1 Å². The van der Waals surface area contributed by atoms with E-state index in [0.29, 0.717) is 17.3 Å². The topological polar surface area (TPSA) is 67.2 Å². The fourth-order valence-electron chi connectivity index (χ4n) is 3.74. The first-order valence-corrected chi connectivity index (χ1v) is 11.5. The van der Waals surface area contributed by atoms with E-state index in [9.17, 15) is 14.0 Å². The van der Waals surface area contributed by atoms with Gasteiger partial charge in [0, 0.05) is 30.0 Å². The molecule has 1 aliphatic carbocycles. The van der Waals surface area contributed by atoms with Gasteiger partial charge >= 0.3 is 5.69 Å². The maximum Gasteiger partial charge on any atom is 0.348 e. The Hall–Kier alpha value is -2.19. The number of nitrogens with one attached hydrogen (secondary N) is 1. The van der Waals surface area contributed by atoms with Gasteiger partial charge in [0.05, 0.1) is 5.75 Å². The second-order valence-electron chi connectivity index (χ2n) is 7.35. The lowest BCUT2D eigenvalue weighted by Crippen LogP contribution is -2.35. The third-order valence-corrected chi connectivity index (χ3v) is 6.47. The maximum atomic E-state index is 13.0. The van der Waals surface area contributed by atoms with Crippen LogP contribution in [0.25, 0.3) is 0 Å². The molecule has 0 radical (unpaired) electrons. The third-order valence-electron chi connectivity index (χ3n) is 5.45. The molecule has 0 atom stereocenters. The molecule has 0 saturated carbocycles. The normalized spacial score (nSPS) is 13.3. The van der Waals surface area contributed by atoms with E-state index < -0.39 is 0 Å². The van der Waals surface area contributed by atoms with E-state index in [1.807, 2.05) is 4.57 Å². The van der Waals surface area contributed by atoms with E-state index in [-0.39, 0.29) is 23.2 Å². The average molecular weight is 433 g/mol. The number of carbonyl (C=O) groups is 1. The SMILES string of the molecule is CCN(CC)CCn1c2c(c(SCC(=O)Nc3ccc(F)cc3)nc1=O)CCCC2. The van der Waals surface area contributed by atoms with Crippen molar-refractivity contribution in [3.63, 3.8) is 0 Å². The van der Waals surface area contributed by atoms with Gasteiger partial charge in [0.2, 0.25) is 5.91 Å². The van der Waals surface area contributed by atoms with Crippen LogP contribution < -0.4 is 11.0 Å². The first-order valence-electron chi connectivity index (χ1n) is 10.5. The molecule has 0 spiro atoms. The minimum Gasteiger partial charge on any atom is -0.325 e. The van der Waals surface area contributed by atoms with Crippen LogP contribution in [0, 0.1) is 5.82 Å². The number of aromatic nitrogens is 2. The molecule has 30 heavy (non-hydrogen) atoms. The second-order valence-corrected chi connectivity index (χ2v) is 8.32. The Morgan fingerprint density at radius 1 is 1.20 bits per heavy atom. The fraction of sp³-hybridized carbons (Fsp3) is 0.500. The van der Waals surface area contributed by atoms with Crippen LogP contribution in [0.3, 0.4) is 0 Å². The molecule has 6 nitrogen and oxygen atoms in total. The zero-order valence-corrected chi connectivity index (χ0v) is 18.4. The van der Waals surface area contributed by atoms with Crippen LogP contribution in [0.2, 0.25) is 0 Å². The second kappa shape index (κ2) is 10.7. The molecule has 1 heterocycles. The van der Waals surface area contributed by atoms with Crippen molar-refractivity contribution in [3.8, 4) is 0 Å². The van der Waals surface area contributed by atoms with Gasteiger partial charge in [-0.25, -0.2) is 9.18 Å². The molecule has 1 aromatic heterocycles. The standard InChI is InChI=1S/C22H29FN4O2S/c1-3-26(4-2)13-14-27-19-8-6-5-7-18(19)21(25-22(27)29)30-15-20(28)24-17-11-9-16(23)10-12-17/h9-12H,3-8,13-15H2,1-2H3,(H,24,28). The van der Waals surface area contributed by atoms with Crippen molar-refractivity contribution < 1.29 is 9.18 Å². The van der Waals surface area contributed by atoms with Gasteiger partial charge in [0.1, 0.15) is 10.8 Å². The zero-order valence-electron chi connectivity index (χ0n) is 17.6. The molecule has 8 heteroatoms. The quantitative estimate of drug-likeness (QED) is 0.486. The number of hydrogen-bond donors (Lipinski definition) is 1. The van der Waals surface area contributed by atoms with Crippen molar-refractivity contribution in [1.82, 2.24) is 14.5 Å². The minimum atomic E-state index is -0.347. The van der Waals surface area contributed by atoms with Gasteiger partial charge in [0.25, 0.3) is 0 Å². The first kappa shape index (κ1) is 22.5. The Morgan fingerprint density at radius 3 is 2.60 bits per heavy atom. The fourth-order valence-corrected chi connectivity index (χ4v) is 4.62. The highest BCUT2D eigenvalue weighted by atomic mass is 32.2. The summed E-state index contributed by atoms with van der Waals surface area (Å²) in [5.74, 6) is -0.400. The molecular formula is C22H29FN4O2S. The summed E-state index contributed by atoms with van der Waals surface area (Å²) in [5, 5.41) is 3.42. The lowest BCUT2D eigenvalue weighted by Gasteiger charge is -2.24. The number of nitrogens with zero attached hydrogens (tertiary/aromatic N) is 3. The van der Waals surface area contributed by atoms with Gasteiger partial charge < -0.3 is 10.2 Å². The number of halogens is 1. The van der Waals surface area contributed by atoms with Crippen LogP contribution in [0.5, 0.6) is 0 Å². The van der Waals surface area contributed by atoms with E-state index >= 15 is 0 Å². The van der Waals surface area contributed by atoms with Crippen LogP contribution in [-0.4, -0.2) is 45.7 Å². The Balaban J connectivity index is 1.72. The number of anilines is 1. The molecule has 3 rings (SSSR count). The van der Waals surface area contributed by atoms with Crippen molar-refractivity contribution in [2.45, 2.75) is 51.1 Å². The van der Waals surface area contributed by atoms with Crippen molar-refractivity contribution in [2.24, 2.45) is 0 Å². The Kier molecular flexibility index (Phi) is 8.04. The third kappa shape index (κ3) is 5.70. The summed E-state index contributed by atoms with van der Waals surface area (Å²) >= 11 is 1.30. The number of likely N-dealkylation sites (N-methyl/N-ethyl adjacent to an activating group) is 1. The average Bonchev–Trinajstić information content (AvgIpc) is 2.76. The van der Waals surface area contributed by atoms with Gasteiger partial charge in [-0.3, -0.25) is 9.36 Å². The molecule has 162 valence electrons. The summed E-state index contributed by atoms with van der Waals surface area (Å²) in [6.07, 6.45) is 3.89. The maximum absolute atomic E-state index is 13.0. The number of hydrogen-bond acceptors (Lipinski definition) is 5. The van der Waals surface area contributed by atoms with Gasteiger partial charge in [-0.1, -0.05) is 25.6 Å². The molecule has 1 aromatic carbocycles. The molecule has 1 aliphatic rings. The summed E-state index contributed by atoms with van der Waals surface area (Å²) in [4.78, 5) is 31.7. The number of benzene rings is 1. The van der Waals surface area contributed by atoms with Crippen molar-refractivity contribution in [1.29, 1.82) is 0 Å². The van der Waals surface area contributed by atoms with Crippen LogP contribution >= 0.6 is 11.8 Å². The molecule has 2 aromatic rings. The van der Waals surface area contributed by atoms with E-state index in [2.05, 4.69) is 29.0 Å². The molecule has 0 aliphatic heterocycles. The van der Waals surface area contributed by atoms with Crippen molar-refractivity contribution >= 4 is 23.4 Å². The van der Waals surface area contributed by atoms with E-state index in [1.54, 1.807) is 0 Å². The lowest BCUT2D eigenvalue weighted by atomic mass is 9.97. The molecule has 1 N–H and O–H groups in total. The van der Waals surface area contributed by atoms with Gasteiger partial charge in [0.15, 0.2) is 0 Å². The van der Waals surface area contributed by atoms with Gasteiger partial charge in [-0.2, -0.15) is 4.98 Å². The smallest absolute Gasteiger partial charge is 0.325 e. The number of amides is 1. The van der Waals surface area contributed by atoms with Crippen molar-refractivity contribution in [3.05, 3.63) is 51.8 Å². The highest BCUT2D eigenvalue weighted by Crippen LogP contribution is 2.28. The number of thioether (sulfide) groups is 1. The minimum absolute atomic E-state index is 0.152.